The molecule has 0 radical (unpaired) electrons. The summed E-state index contributed by atoms with van der Waals surface area (Å²) in [5.41, 5.74) is 3.39. The lowest BCUT2D eigenvalue weighted by Gasteiger charge is -2.07. The summed E-state index contributed by atoms with van der Waals surface area (Å²) in [5.74, 6) is -0.133. The second kappa shape index (κ2) is 5.31. The summed E-state index contributed by atoms with van der Waals surface area (Å²) in [4.78, 5) is 16.1. The van der Waals surface area contributed by atoms with Crippen molar-refractivity contribution < 1.29 is 4.79 Å². The number of carbonyl (C=O) groups excluding carboxylic acids is 1. The van der Waals surface area contributed by atoms with Gasteiger partial charge in [-0.15, -0.1) is 0 Å². The van der Waals surface area contributed by atoms with Crippen molar-refractivity contribution >= 4 is 27.5 Å². The first-order chi connectivity index (χ1) is 8.54. The van der Waals surface area contributed by atoms with Crippen molar-refractivity contribution in [1.82, 2.24) is 4.98 Å². The Bertz CT molecular complexity index is 576. The molecule has 92 valence electrons. The van der Waals surface area contributed by atoms with Crippen LogP contribution in [-0.2, 0) is 0 Å². The second-order valence-electron chi connectivity index (χ2n) is 4.22. The average molecular weight is 305 g/mol. The van der Waals surface area contributed by atoms with Gasteiger partial charge in [-0.05, 0) is 49.2 Å². The molecule has 0 aliphatic rings. The van der Waals surface area contributed by atoms with Crippen LogP contribution in [0.25, 0.3) is 0 Å². The van der Waals surface area contributed by atoms with Gasteiger partial charge in [-0.1, -0.05) is 15.9 Å². The third-order valence-electron chi connectivity index (χ3n) is 2.44. The van der Waals surface area contributed by atoms with Gasteiger partial charge in [0.1, 0.15) is 0 Å². The van der Waals surface area contributed by atoms with Crippen molar-refractivity contribution in [3.8, 4) is 0 Å². The van der Waals surface area contributed by atoms with Gasteiger partial charge in [0.05, 0.1) is 11.9 Å². The monoisotopic (exact) mass is 304 g/mol. The SMILES string of the molecule is Cc1cncc(NC(=O)c2cc(C)cc(Br)c2)c1. The highest BCUT2D eigenvalue weighted by molar-refractivity contribution is 9.10. The zero-order valence-corrected chi connectivity index (χ0v) is 11.8. The highest BCUT2D eigenvalue weighted by Gasteiger charge is 2.07. The molecule has 0 saturated carbocycles. The first-order valence-corrected chi connectivity index (χ1v) is 6.34. The van der Waals surface area contributed by atoms with Crippen LogP contribution >= 0.6 is 15.9 Å². The van der Waals surface area contributed by atoms with E-state index in [1.165, 1.54) is 0 Å². The molecule has 0 fully saturated rings. The van der Waals surface area contributed by atoms with Gasteiger partial charge in [0.15, 0.2) is 0 Å². The Morgan fingerprint density at radius 2 is 1.89 bits per heavy atom. The third kappa shape index (κ3) is 3.17. The number of amides is 1. The minimum absolute atomic E-state index is 0.133. The fraction of sp³-hybridized carbons (Fsp3) is 0.143. The van der Waals surface area contributed by atoms with Crippen LogP contribution in [-0.4, -0.2) is 10.9 Å². The van der Waals surface area contributed by atoms with Crippen LogP contribution in [0.4, 0.5) is 5.69 Å². The molecule has 1 aromatic carbocycles. The number of nitrogens with zero attached hydrogens (tertiary/aromatic N) is 1. The number of anilines is 1. The van der Waals surface area contributed by atoms with E-state index < -0.39 is 0 Å². The van der Waals surface area contributed by atoms with Crippen LogP contribution in [0.1, 0.15) is 21.5 Å². The number of aryl methyl sites for hydroxylation is 2. The van der Waals surface area contributed by atoms with Crippen molar-refractivity contribution in [1.29, 1.82) is 0 Å². The number of hydrogen-bond donors (Lipinski definition) is 1. The normalized spacial score (nSPS) is 10.2. The molecule has 18 heavy (non-hydrogen) atoms. The predicted octanol–water partition coefficient (Wildman–Crippen LogP) is 3.71. The molecule has 0 aliphatic heterocycles. The van der Waals surface area contributed by atoms with E-state index in [0.29, 0.717) is 11.3 Å². The Balaban J connectivity index is 2.22. The van der Waals surface area contributed by atoms with Crippen LogP contribution in [0.5, 0.6) is 0 Å². The summed E-state index contributed by atoms with van der Waals surface area (Å²) in [6, 6.07) is 7.50. The maximum Gasteiger partial charge on any atom is 0.255 e. The Labute approximate surface area is 114 Å². The molecular weight excluding hydrogens is 292 g/mol. The summed E-state index contributed by atoms with van der Waals surface area (Å²) < 4.78 is 0.898. The molecular formula is C14H13BrN2O. The minimum Gasteiger partial charge on any atom is -0.321 e. The van der Waals surface area contributed by atoms with Crippen molar-refractivity contribution in [3.05, 3.63) is 57.8 Å². The molecule has 3 nitrogen and oxygen atoms in total. The fourth-order valence-corrected chi connectivity index (χ4v) is 2.30. The number of carbonyl (C=O) groups is 1. The van der Waals surface area contributed by atoms with Gasteiger partial charge in [-0.3, -0.25) is 9.78 Å². The number of benzene rings is 1. The third-order valence-corrected chi connectivity index (χ3v) is 2.89. The molecule has 2 aromatic rings. The number of nitrogens with one attached hydrogen (secondary N) is 1. The standard InChI is InChI=1S/C14H13BrN2O/c1-9-3-11(6-12(15)4-9)14(18)17-13-5-10(2)7-16-8-13/h3-8H,1-2H3,(H,17,18). The van der Waals surface area contributed by atoms with Crippen LogP contribution in [0.3, 0.4) is 0 Å². The molecule has 4 heteroatoms. The van der Waals surface area contributed by atoms with E-state index in [4.69, 9.17) is 0 Å². The van der Waals surface area contributed by atoms with Crippen molar-refractivity contribution in [2.75, 3.05) is 5.32 Å². The van der Waals surface area contributed by atoms with E-state index in [1.807, 2.05) is 32.0 Å². The molecule has 0 atom stereocenters. The Morgan fingerprint density at radius 1 is 1.11 bits per heavy atom. The van der Waals surface area contributed by atoms with Gasteiger partial charge >= 0.3 is 0 Å². The molecule has 0 bridgehead atoms. The topological polar surface area (TPSA) is 42.0 Å². The quantitative estimate of drug-likeness (QED) is 0.919. The highest BCUT2D eigenvalue weighted by atomic mass is 79.9. The summed E-state index contributed by atoms with van der Waals surface area (Å²) in [6.45, 7) is 3.89. The van der Waals surface area contributed by atoms with Gasteiger partial charge in [0.25, 0.3) is 5.91 Å². The largest absolute Gasteiger partial charge is 0.321 e. The zero-order chi connectivity index (χ0) is 13.1. The Hall–Kier alpha value is -1.68. The zero-order valence-electron chi connectivity index (χ0n) is 10.2. The summed E-state index contributed by atoms with van der Waals surface area (Å²) in [5, 5.41) is 2.83. The molecule has 0 saturated heterocycles. The number of aromatic nitrogens is 1. The highest BCUT2D eigenvalue weighted by Crippen LogP contribution is 2.17. The first-order valence-electron chi connectivity index (χ1n) is 5.55. The first kappa shape index (κ1) is 12.8. The van der Waals surface area contributed by atoms with E-state index in [-0.39, 0.29) is 5.91 Å². The van der Waals surface area contributed by atoms with Gasteiger partial charge < -0.3 is 5.32 Å². The molecule has 0 unspecified atom stereocenters. The summed E-state index contributed by atoms with van der Waals surface area (Å²) in [7, 11) is 0. The lowest BCUT2D eigenvalue weighted by molar-refractivity contribution is 0.102. The smallest absolute Gasteiger partial charge is 0.255 e. The Morgan fingerprint density at radius 3 is 2.56 bits per heavy atom. The van der Waals surface area contributed by atoms with Gasteiger partial charge in [0.2, 0.25) is 0 Å². The lowest BCUT2D eigenvalue weighted by Crippen LogP contribution is -2.12. The summed E-state index contributed by atoms with van der Waals surface area (Å²) >= 11 is 3.39. The van der Waals surface area contributed by atoms with E-state index in [0.717, 1.165) is 15.6 Å². The van der Waals surface area contributed by atoms with E-state index in [1.54, 1.807) is 18.5 Å². The van der Waals surface area contributed by atoms with Crippen LogP contribution in [0, 0.1) is 13.8 Å². The van der Waals surface area contributed by atoms with Gasteiger partial charge in [-0.2, -0.15) is 0 Å². The van der Waals surface area contributed by atoms with Crippen LogP contribution in [0.2, 0.25) is 0 Å². The van der Waals surface area contributed by atoms with Gasteiger partial charge in [-0.25, -0.2) is 0 Å². The minimum atomic E-state index is -0.133. The lowest BCUT2D eigenvalue weighted by atomic mass is 10.1. The van der Waals surface area contributed by atoms with E-state index >= 15 is 0 Å². The predicted molar refractivity (Wildman–Crippen MR) is 75.8 cm³/mol. The molecule has 0 aliphatic carbocycles. The molecule has 0 spiro atoms. The number of halogens is 1. The van der Waals surface area contributed by atoms with E-state index in [2.05, 4.69) is 26.2 Å². The Kier molecular flexibility index (Phi) is 3.77. The van der Waals surface area contributed by atoms with E-state index in [9.17, 15) is 4.79 Å². The van der Waals surface area contributed by atoms with Crippen LogP contribution < -0.4 is 5.32 Å². The second-order valence-corrected chi connectivity index (χ2v) is 5.14. The average Bonchev–Trinajstić information content (AvgIpc) is 2.27. The number of rotatable bonds is 2. The van der Waals surface area contributed by atoms with Gasteiger partial charge in [0, 0.05) is 16.2 Å². The van der Waals surface area contributed by atoms with Crippen LogP contribution in [0.15, 0.2) is 41.1 Å². The van der Waals surface area contributed by atoms with Crippen molar-refractivity contribution in [2.45, 2.75) is 13.8 Å². The number of hydrogen-bond acceptors (Lipinski definition) is 2. The molecule has 1 heterocycles. The maximum atomic E-state index is 12.1. The van der Waals surface area contributed by atoms with Crippen molar-refractivity contribution in [3.63, 3.8) is 0 Å². The maximum absolute atomic E-state index is 12.1. The molecule has 1 amide bonds. The molecule has 2 rings (SSSR count). The molecule has 1 aromatic heterocycles. The fourth-order valence-electron chi connectivity index (χ4n) is 1.69. The van der Waals surface area contributed by atoms with Crippen molar-refractivity contribution in [2.24, 2.45) is 0 Å². The number of pyridine rings is 1. The summed E-state index contributed by atoms with van der Waals surface area (Å²) in [6.07, 6.45) is 3.38. The molecule has 1 N–H and O–H groups in total.